The van der Waals surface area contributed by atoms with Crippen LogP contribution in [0, 0.1) is 12.8 Å². The van der Waals surface area contributed by atoms with Crippen LogP contribution in [0.25, 0.3) is 11.0 Å². The van der Waals surface area contributed by atoms with Crippen molar-refractivity contribution in [1.29, 1.82) is 0 Å². The van der Waals surface area contributed by atoms with Crippen molar-refractivity contribution in [3.63, 3.8) is 0 Å². The number of ketones is 1. The maximum atomic E-state index is 12.4. The lowest BCUT2D eigenvalue weighted by Crippen LogP contribution is -2.40. The Morgan fingerprint density at radius 2 is 1.77 bits per heavy atom. The van der Waals surface area contributed by atoms with Gasteiger partial charge >= 0.3 is 0 Å². The van der Waals surface area contributed by atoms with Crippen LogP contribution in [0.15, 0.2) is 48.5 Å². The molecule has 0 atom stereocenters. The number of imidazole rings is 1. The van der Waals surface area contributed by atoms with Gasteiger partial charge in [-0.2, -0.15) is 0 Å². The predicted octanol–water partition coefficient (Wildman–Crippen LogP) is 3.90. The number of nitrogens with one attached hydrogen (secondary N) is 1. The van der Waals surface area contributed by atoms with Gasteiger partial charge in [0, 0.05) is 17.8 Å². The fourth-order valence-electron chi connectivity index (χ4n) is 4.20. The van der Waals surface area contributed by atoms with E-state index in [-0.39, 0.29) is 11.7 Å². The van der Waals surface area contributed by atoms with Gasteiger partial charge in [-0.05, 0) is 82.1 Å². The lowest BCUT2D eigenvalue weighted by atomic mass is 9.96. The van der Waals surface area contributed by atoms with Crippen molar-refractivity contribution in [2.75, 3.05) is 25.0 Å². The molecule has 1 aliphatic rings. The zero-order chi connectivity index (χ0) is 21.1. The van der Waals surface area contributed by atoms with E-state index in [9.17, 15) is 9.59 Å². The first-order chi connectivity index (χ1) is 14.5. The van der Waals surface area contributed by atoms with Crippen molar-refractivity contribution in [3.8, 4) is 0 Å². The van der Waals surface area contributed by atoms with Crippen molar-refractivity contribution in [3.05, 3.63) is 59.9 Å². The van der Waals surface area contributed by atoms with E-state index >= 15 is 0 Å². The van der Waals surface area contributed by atoms with E-state index < -0.39 is 0 Å². The van der Waals surface area contributed by atoms with E-state index in [1.54, 1.807) is 24.3 Å². The van der Waals surface area contributed by atoms with Crippen molar-refractivity contribution in [1.82, 2.24) is 14.5 Å². The number of hydrogen-bond donors (Lipinski definition) is 1. The number of rotatable bonds is 6. The van der Waals surface area contributed by atoms with Crippen LogP contribution in [0.2, 0.25) is 0 Å². The van der Waals surface area contributed by atoms with Crippen LogP contribution in [0.5, 0.6) is 0 Å². The highest BCUT2D eigenvalue weighted by Crippen LogP contribution is 2.23. The summed E-state index contributed by atoms with van der Waals surface area (Å²) in [5, 5.41) is 2.93. The minimum Gasteiger partial charge on any atom is -0.328 e. The molecule has 1 amide bonds. The van der Waals surface area contributed by atoms with Crippen LogP contribution >= 0.6 is 0 Å². The molecule has 1 fully saturated rings. The second-order valence-corrected chi connectivity index (χ2v) is 8.16. The highest BCUT2D eigenvalue weighted by atomic mass is 16.2. The summed E-state index contributed by atoms with van der Waals surface area (Å²) in [6, 6.07) is 15.3. The first-order valence-corrected chi connectivity index (χ1v) is 10.5. The smallest absolute Gasteiger partial charge is 0.238 e. The first kappa shape index (κ1) is 20.3. The van der Waals surface area contributed by atoms with Crippen LogP contribution in [0.4, 0.5) is 5.69 Å². The van der Waals surface area contributed by atoms with Crippen molar-refractivity contribution in [2.45, 2.75) is 33.2 Å². The molecule has 0 unspecified atom stereocenters. The Balaban J connectivity index is 1.27. The molecule has 1 saturated heterocycles. The van der Waals surface area contributed by atoms with E-state index in [2.05, 4.69) is 44.9 Å². The number of amides is 1. The summed E-state index contributed by atoms with van der Waals surface area (Å²) in [7, 11) is 0. The van der Waals surface area contributed by atoms with Gasteiger partial charge in [0.25, 0.3) is 0 Å². The van der Waals surface area contributed by atoms with E-state index in [0.29, 0.717) is 18.0 Å². The van der Waals surface area contributed by atoms with Crippen LogP contribution in [-0.2, 0) is 11.3 Å². The Hall–Kier alpha value is -2.99. The monoisotopic (exact) mass is 404 g/mol. The second kappa shape index (κ2) is 8.79. The lowest BCUT2D eigenvalue weighted by molar-refractivity contribution is -0.117. The number of aromatic nitrogens is 2. The number of hydrogen-bond acceptors (Lipinski definition) is 4. The Morgan fingerprint density at radius 3 is 2.47 bits per heavy atom. The molecule has 1 aromatic heterocycles. The molecule has 6 nitrogen and oxygen atoms in total. The van der Waals surface area contributed by atoms with E-state index in [4.69, 9.17) is 0 Å². The number of aryl methyl sites for hydroxylation is 1. The molecule has 2 aromatic carbocycles. The molecule has 1 aliphatic heterocycles. The minimum atomic E-state index is -0.0135. The molecule has 2 heterocycles. The summed E-state index contributed by atoms with van der Waals surface area (Å²) < 4.78 is 2.33. The number of benzene rings is 2. The lowest BCUT2D eigenvalue weighted by Gasteiger charge is -2.31. The summed E-state index contributed by atoms with van der Waals surface area (Å²) in [4.78, 5) is 30.6. The van der Waals surface area contributed by atoms with E-state index in [1.807, 2.05) is 6.07 Å². The number of anilines is 1. The molecule has 1 N–H and O–H groups in total. The van der Waals surface area contributed by atoms with Crippen molar-refractivity contribution >= 4 is 28.4 Å². The fourth-order valence-corrected chi connectivity index (χ4v) is 4.20. The maximum absolute atomic E-state index is 12.4. The third kappa shape index (κ3) is 4.60. The summed E-state index contributed by atoms with van der Waals surface area (Å²) in [6.07, 6.45) is 2.15. The Bertz CT molecular complexity index is 1050. The van der Waals surface area contributed by atoms with Gasteiger partial charge in [0.15, 0.2) is 5.78 Å². The topological polar surface area (TPSA) is 67.2 Å². The normalized spacial score (nSPS) is 15.4. The van der Waals surface area contributed by atoms with Gasteiger partial charge < -0.3 is 9.88 Å². The van der Waals surface area contributed by atoms with Crippen LogP contribution in [-0.4, -0.2) is 45.8 Å². The molecular weight excluding hydrogens is 376 g/mol. The minimum absolute atomic E-state index is 0.0135. The molecule has 0 bridgehead atoms. The molecule has 0 aliphatic carbocycles. The van der Waals surface area contributed by atoms with Gasteiger partial charge in [-0.25, -0.2) is 4.98 Å². The molecule has 0 saturated carbocycles. The average Bonchev–Trinajstić information content (AvgIpc) is 3.05. The number of carbonyl (C=O) groups is 2. The number of nitrogens with zero attached hydrogens (tertiary/aromatic N) is 3. The van der Waals surface area contributed by atoms with Crippen molar-refractivity contribution in [2.24, 2.45) is 5.92 Å². The van der Waals surface area contributed by atoms with E-state index in [0.717, 1.165) is 49.5 Å². The van der Waals surface area contributed by atoms with Crippen LogP contribution in [0.1, 0.15) is 35.9 Å². The Morgan fingerprint density at radius 1 is 1.07 bits per heavy atom. The molecule has 4 rings (SSSR count). The largest absolute Gasteiger partial charge is 0.328 e. The van der Waals surface area contributed by atoms with Crippen LogP contribution in [0.3, 0.4) is 0 Å². The van der Waals surface area contributed by atoms with Gasteiger partial charge in [-0.15, -0.1) is 0 Å². The maximum Gasteiger partial charge on any atom is 0.238 e. The summed E-state index contributed by atoms with van der Waals surface area (Å²) in [5.41, 5.74) is 3.63. The quantitative estimate of drug-likeness (QED) is 0.633. The predicted molar refractivity (Wildman–Crippen MR) is 119 cm³/mol. The van der Waals surface area contributed by atoms with Gasteiger partial charge in [0.2, 0.25) is 5.91 Å². The average molecular weight is 405 g/mol. The van der Waals surface area contributed by atoms with E-state index in [1.165, 1.54) is 12.4 Å². The number of likely N-dealkylation sites (tertiary alicyclic amines) is 1. The number of para-hydroxylation sites is 2. The van der Waals surface area contributed by atoms with Gasteiger partial charge in [-0.1, -0.05) is 12.1 Å². The van der Waals surface area contributed by atoms with Crippen LogP contribution < -0.4 is 5.32 Å². The standard InChI is InChI=1S/C24H28N4O2/c1-17(29)20-7-9-21(10-8-20)26-24(30)16-27-13-11-19(12-14-27)15-28-18(2)25-22-5-3-4-6-23(22)28/h3-10,19H,11-16H2,1-2H3,(H,26,30). The number of Topliss-reactive ketones (excluding diaryl/α,β-unsaturated/α-hetero) is 1. The molecule has 0 radical (unpaired) electrons. The van der Waals surface area contributed by atoms with Gasteiger partial charge in [0.05, 0.1) is 17.6 Å². The molecule has 3 aromatic rings. The molecule has 156 valence electrons. The number of piperidine rings is 1. The summed E-state index contributed by atoms with van der Waals surface area (Å²) in [6.45, 7) is 6.83. The summed E-state index contributed by atoms with van der Waals surface area (Å²) >= 11 is 0. The first-order valence-electron chi connectivity index (χ1n) is 10.5. The molecule has 6 heteroatoms. The second-order valence-electron chi connectivity index (χ2n) is 8.16. The Labute approximate surface area is 176 Å². The fraction of sp³-hybridized carbons (Fsp3) is 0.375. The Kier molecular flexibility index (Phi) is 5.95. The van der Waals surface area contributed by atoms with Gasteiger partial charge in [0.1, 0.15) is 5.82 Å². The number of fused-ring (bicyclic) bond motifs is 1. The summed E-state index contributed by atoms with van der Waals surface area (Å²) in [5.74, 6) is 1.67. The third-order valence-corrected chi connectivity index (χ3v) is 5.94. The van der Waals surface area contributed by atoms with Gasteiger partial charge in [-0.3, -0.25) is 14.5 Å². The molecule has 0 spiro atoms. The number of carbonyl (C=O) groups excluding carboxylic acids is 2. The molecular formula is C24H28N4O2. The highest BCUT2D eigenvalue weighted by Gasteiger charge is 2.22. The highest BCUT2D eigenvalue weighted by molar-refractivity contribution is 5.96. The zero-order valence-corrected chi connectivity index (χ0v) is 17.6. The molecule has 30 heavy (non-hydrogen) atoms. The zero-order valence-electron chi connectivity index (χ0n) is 17.6. The SMILES string of the molecule is CC(=O)c1ccc(NC(=O)CN2CCC(Cn3c(C)nc4ccccc43)CC2)cc1. The third-order valence-electron chi connectivity index (χ3n) is 5.94. The van der Waals surface area contributed by atoms with Crippen molar-refractivity contribution < 1.29 is 9.59 Å².